The number of thioether (sulfide) groups is 1. The zero-order chi connectivity index (χ0) is 15.0. The second-order valence-corrected chi connectivity index (χ2v) is 9.18. The SMILES string of the molecule is CC1(C)CC(=O)C[C@H](Sc2ccc(C(C)(C)C)cc2)C1. The first-order valence-corrected chi connectivity index (χ1v) is 8.33. The summed E-state index contributed by atoms with van der Waals surface area (Å²) in [6.07, 6.45) is 2.60. The lowest BCUT2D eigenvalue weighted by atomic mass is 9.77. The highest BCUT2D eigenvalue weighted by Gasteiger charge is 2.33. The van der Waals surface area contributed by atoms with Crippen LogP contribution in [0.25, 0.3) is 0 Å². The number of Topliss-reactive ketones (excluding diaryl/α,β-unsaturated/α-hetero) is 1. The molecule has 0 unspecified atom stereocenters. The molecule has 0 heterocycles. The number of ketones is 1. The number of hydrogen-bond donors (Lipinski definition) is 0. The second kappa shape index (κ2) is 5.55. The summed E-state index contributed by atoms with van der Waals surface area (Å²) < 4.78 is 0. The van der Waals surface area contributed by atoms with E-state index in [0.717, 1.165) is 19.3 Å². The van der Waals surface area contributed by atoms with Crippen LogP contribution in [0.15, 0.2) is 29.2 Å². The molecule has 0 N–H and O–H groups in total. The van der Waals surface area contributed by atoms with Gasteiger partial charge in [-0.1, -0.05) is 46.8 Å². The van der Waals surface area contributed by atoms with Crippen LogP contribution in [-0.2, 0) is 10.2 Å². The van der Waals surface area contributed by atoms with Gasteiger partial charge in [0.05, 0.1) is 0 Å². The Balaban J connectivity index is 2.05. The topological polar surface area (TPSA) is 17.1 Å². The quantitative estimate of drug-likeness (QED) is 0.742. The average Bonchev–Trinajstić information content (AvgIpc) is 2.25. The van der Waals surface area contributed by atoms with Gasteiger partial charge in [-0.15, -0.1) is 11.8 Å². The van der Waals surface area contributed by atoms with Crippen molar-refractivity contribution < 1.29 is 4.79 Å². The first-order valence-electron chi connectivity index (χ1n) is 7.45. The van der Waals surface area contributed by atoms with Gasteiger partial charge in [0.2, 0.25) is 0 Å². The van der Waals surface area contributed by atoms with Gasteiger partial charge < -0.3 is 0 Å². The summed E-state index contributed by atoms with van der Waals surface area (Å²) in [6.45, 7) is 11.1. The minimum absolute atomic E-state index is 0.165. The van der Waals surface area contributed by atoms with Crippen molar-refractivity contribution in [2.24, 2.45) is 5.41 Å². The molecular weight excluding hydrogens is 264 g/mol. The van der Waals surface area contributed by atoms with Crippen LogP contribution < -0.4 is 0 Å². The van der Waals surface area contributed by atoms with Crippen molar-refractivity contribution in [2.75, 3.05) is 0 Å². The molecule has 0 aliphatic heterocycles. The summed E-state index contributed by atoms with van der Waals surface area (Å²) in [7, 11) is 0. The van der Waals surface area contributed by atoms with Gasteiger partial charge in [-0.3, -0.25) is 4.79 Å². The van der Waals surface area contributed by atoms with E-state index in [1.165, 1.54) is 10.5 Å². The van der Waals surface area contributed by atoms with Crippen LogP contribution in [-0.4, -0.2) is 11.0 Å². The van der Waals surface area contributed by atoms with Gasteiger partial charge in [0.25, 0.3) is 0 Å². The van der Waals surface area contributed by atoms with Crippen LogP contribution in [0.4, 0.5) is 0 Å². The van der Waals surface area contributed by atoms with E-state index in [2.05, 4.69) is 58.9 Å². The lowest BCUT2D eigenvalue weighted by Crippen LogP contribution is -2.30. The third-order valence-electron chi connectivity index (χ3n) is 3.93. The van der Waals surface area contributed by atoms with Gasteiger partial charge >= 0.3 is 0 Å². The molecule has 0 saturated heterocycles. The first kappa shape index (κ1) is 15.6. The minimum atomic E-state index is 0.165. The first-order chi connectivity index (χ1) is 9.16. The lowest BCUT2D eigenvalue weighted by Gasteiger charge is -2.33. The maximum absolute atomic E-state index is 11.9. The molecule has 110 valence electrons. The lowest BCUT2D eigenvalue weighted by molar-refractivity contribution is -0.122. The Morgan fingerprint density at radius 2 is 1.75 bits per heavy atom. The predicted molar refractivity (Wildman–Crippen MR) is 87.4 cm³/mol. The van der Waals surface area contributed by atoms with Crippen LogP contribution in [0.3, 0.4) is 0 Å². The standard InChI is InChI=1S/C18H26OS/c1-17(2,3)13-6-8-15(9-7-13)20-16-10-14(19)11-18(4,5)12-16/h6-9,16H,10-12H2,1-5H3/t16-/m0/s1. The molecule has 1 aliphatic carbocycles. The van der Waals surface area contributed by atoms with Crippen molar-refractivity contribution in [1.82, 2.24) is 0 Å². The zero-order valence-electron chi connectivity index (χ0n) is 13.3. The van der Waals surface area contributed by atoms with Gasteiger partial charge in [0.1, 0.15) is 5.78 Å². The van der Waals surface area contributed by atoms with Crippen LogP contribution in [0.2, 0.25) is 0 Å². The molecule has 20 heavy (non-hydrogen) atoms. The van der Waals surface area contributed by atoms with Crippen molar-refractivity contribution in [2.45, 2.75) is 69.4 Å². The Kier molecular flexibility index (Phi) is 4.34. The fourth-order valence-corrected chi connectivity index (χ4v) is 4.41. The molecule has 1 aromatic rings. The van der Waals surface area contributed by atoms with Crippen LogP contribution in [0.1, 0.15) is 59.4 Å². The van der Waals surface area contributed by atoms with Gasteiger partial charge in [0, 0.05) is 23.0 Å². The number of hydrogen-bond acceptors (Lipinski definition) is 2. The normalized spacial score (nSPS) is 22.9. The maximum atomic E-state index is 11.9. The zero-order valence-corrected chi connectivity index (χ0v) is 14.1. The van der Waals surface area contributed by atoms with Crippen molar-refractivity contribution >= 4 is 17.5 Å². The second-order valence-electron chi connectivity index (χ2n) is 7.80. The molecule has 0 aromatic heterocycles. The summed E-state index contributed by atoms with van der Waals surface area (Å²) in [5, 5.41) is 0.437. The van der Waals surface area contributed by atoms with Gasteiger partial charge in [-0.05, 0) is 34.9 Å². The Labute approximate surface area is 127 Å². The van der Waals surface area contributed by atoms with E-state index in [9.17, 15) is 4.79 Å². The molecule has 0 bridgehead atoms. The van der Waals surface area contributed by atoms with E-state index in [4.69, 9.17) is 0 Å². The van der Waals surface area contributed by atoms with Gasteiger partial charge in [0.15, 0.2) is 0 Å². The molecule has 1 aromatic carbocycles. The summed E-state index contributed by atoms with van der Waals surface area (Å²) in [4.78, 5) is 13.1. The maximum Gasteiger partial charge on any atom is 0.134 e. The van der Waals surface area contributed by atoms with Crippen LogP contribution in [0, 0.1) is 5.41 Å². The number of carbonyl (C=O) groups excluding carboxylic acids is 1. The fraction of sp³-hybridized carbons (Fsp3) is 0.611. The van der Waals surface area contributed by atoms with E-state index < -0.39 is 0 Å². The summed E-state index contributed by atoms with van der Waals surface area (Å²) in [6, 6.07) is 8.85. The van der Waals surface area contributed by atoms with Crippen LogP contribution in [0.5, 0.6) is 0 Å². The average molecular weight is 290 g/mol. The number of benzene rings is 1. The molecule has 0 radical (unpaired) electrons. The molecule has 1 nitrogen and oxygen atoms in total. The summed E-state index contributed by atoms with van der Waals surface area (Å²) in [5.74, 6) is 0.421. The highest BCUT2D eigenvalue weighted by atomic mass is 32.2. The van der Waals surface area contributed by atoms with E-state index in [1.807, 2.05) is 11.8 Å². The fourth-order valence-electron chi connectivity index (χ4n) is 2.93. The van der Waals surface area contributed by atoms with Crippen molar-refractivity contribution in [3.05, 3.63) is 29.8 Å². The van der Waals surface area contributed by atoms with Crippen molar-refractivity contribution in [3.8, 4) is 0 Å². The molecule has 1 fully saturated rings. The minimum Gasteiger partial charge on any atom is -0.300 e. The Morgan fingerprint density at radius 1 is 1.15 bits per heavy atom. The molecule has 1 saturated carbocycles. The Hall–Kier alpha value is -0.760. The smallest absolute Gasteiger partial charge is 0.134 e. The van der Waals surface area contributed by atoms with E-state index in [-0.39, 0.29) is 10.8 Å². The monoisotopic (exact) mass is 290 g/mol. The molecule has 1 atom stereocenters. The van der Waals surface area contributed by atoms with E-state index in [0.29, 0.717) is 11.0 Å². The number of rotatable bonds is 2. The summed E-state index contributed by atoms with van der Waals surface area (Å²) in [5.41, 5.74) is 1.73. The Morgan fingerprint density at radius 3 is 2.25 bits per heavy atom. The van der Waals surface area contributed by atoms with Gasteiger partial charge in [-0.2, -0.15) is 0 Å². The number of carbonyl (C=O) groups is 1. The van der Waals surface area contributed by atoms with E-state index >= 15 is 0 Å². The van der Waals surface area contributed by atoms with Gasteiger partial charge in [-0.25, -0.2) is 0 Å². The molecule has 2 rings (SSSR count). The Bertz CT molecular complexity index is 479. The summed E-state index contributed by atoms with van der Waals surface area (Å²) >= 11 is 1.87. The van der Waals surface area contributed by atoms with E-state index in [1.54, 1.807) is 0 Å². The van der Waals surface area contributed by atoms with Crippen molar-refractivity contribution in [3.63, 3.8) is 0 Å². The molecule has 0 spiro atoms. The largest absolute Gasteiger partial charge is 0.300 e. The predicted octanol–water partition coefficient (Wildman–Crippen LogP) is 5.22. The third-order valence-corrected chi connectivity index (χ3v) is 5.15. The molecule has 1 aliphatic rings. The molecule has 0 amide bonds. The molecular formula is C18H26OS. The van der Waals surface area contributed by atoms with Crippen LogP contribution >= 0.6 is 11.8 Å². The van der Waals surface area contributed by atoms with Crippen molar-refractivity contribution in [1.29, 1.82) is 0 Å². The highest BCUT2D eigenvalue weighted by Crippen LogP contribution is 2.41. The highest BCUT2D eigenvalue weighted by molar-refractivity contribution is 8.00. The third kappa shape index (κ3) is 4.12. The molecule has 2 heteroatoms.